The highest BCUT2D eigenvalue weighted by molar-refractivity contribution is 7.18. The normalized spacial score (nSPS) is 13.8. The van der Waals surface area contributed by atoms with Crippen LogP contribution in [0.3, 0.4) is 0 Å². The maximum Gasteiger partial charge on any atom is 0.322 e. The zero-order valence-electron chi connectivity index (χ0n) is 13.6. The lowest BCUT2D eigenvalue weighted by molar-refractivity contribution is -0.134. The van der Waals surface area contributed by atoms with Crippen molar-refractivity contribution in [2.24, 2.45) is 0 Å². The first-order chi connectivity index (χ1) is 12.1. The summed E-state index contributed by atoms with van der Waals surface area (Å²) in [5.41, 5.74) is 2.78. The van der Waals surface area contributed by atoms with Gasteiger partial charge in [-0.25, -0.2) is 9.97 Å². The summed E-state index contributed by atoms with van der Waals surface area (Å²) in [6, 6.07) is 7.94. The Morgan fingerprint density at radius 2 is 2.12 bits per heavy atom. The molecule has 25 heavy (non-hydrogen) atoms. The van der Waals surface area contributed by atoms with Crippen LogP contribution in [0.2, 0.25) is 0 Å². The van der Waals surface area contributed by atoms with E-state index in [0.717, 1.165) is 39.4 Å². The number of nitrogens with zero attached hydrogens (tertiary/aromatic N) is 3. The zero-order valence-corrected chi connectivity index (χ0v) is 14.4. The highest BCUT2D eigenvalue weighted by Gasteiger charge is 2.26. The monoisotopic (exact) mass is 355 g/mol. The van der Waals surface area contributed by atoms with Gasteiger partial charge >= 0.3 is 5.97 Å². The average molecular weight is 355 g/mol. The predicted molar refractivity (Wildman–Crippen MR) is 97.8 cm³/mol. The second kappa shape index (κ2) is 6.29. The largest absolute Gasteiger partial charge is 0.480 e. The van der Waals surface area contributed by atoms with Gasteiger partial charge in [-0.2, -0.15) is 4.98 Å². The third-order valence-electron chi connectivity index (χ3n) is 3.91. The van der Waals surface area contributed by atoms with E-state index in [1.165, 1.54) is 0 Å². The summed E-state index contributed by atoms with van der Waals surface area (Å²) < 4.78 is 1.15. The quantitative estimate of drug-likeness (QED) is 0.622. The number of fused-ring (bicyclic) bond motifs is 1. The molecule has 8 heteroatoms. The molecule has 0 aliphatic heterocycles. The number of nitrogens with one attached hydrogen (secondary N) is 2. The number of anilines is 3. The standard InChI is InChI=1S/C17H17N5O2S/c1-9-19-13-6-11(4-5-14(13)25-9)20-15-7-12(10-2-3-10)21-17(22-15)18-8-16(23)24/h4-7,10H,2-3,8H2,1H3,(H,23,24)(H2,18,20,21,22). The SMILES string of the molecule is Cc1nc2cc(Nc3cc(C4CC4)nc(NCC(=O)O)n3)ccc2s1. The van der Waals surface area contributed by atoms with Crippen molar-refractivity contribution in [2.75, 3.05) is 17.2 Å². The minimum Gasteiger partial charge on any atom is -0.480 e. The van der Waals surface area contributed by atoms with E-state index in [1.54, 1.807) is 11.3 Å². The smallest absolute Gasteiger partial charge is 0.322 e. The number of aliphatic carboxylic acids is 1. The molecule has 3 aromatic rings. The number of thiazole rings is 1. The molecule has 0 radical (unpaired) electrons. The Labute approximate surface area is 148 Å². The van der Waals surface area contributed by atoms with Crippen LogP contribution in [0.4, 0.5) is 17.5 Å². The number of aromatic nitrogens is 3. The molecule has 7 nitrogen and oxygen atoms in total. The summed E-state index contributed by atoms with van der Waals surface area (Å²) in [6.45, 7) is 1.78. The molecule has 128 valence electrons. The molecular weight excluding hydrogens is 338 g/mol. The fraction of sp³-hybridized carbons (Fsp3) is 0.294. The summed E-state index contributed by atoms with van der Waals surface area (Å²) in [5.74, 6) is 0.479. The van der Waals surface area contributed by atoms with E-state index in [1.807, 2.05) is 31.2 Å². The van der Waals surface area contributed by atoms with Crippen molar-refractivity contribution in [1.82, 2.24) is 15.0 Å². The first-order valence-corrected chi connectivity index (χ1v) is 8.87. The molecule has 1 saturated carbocycles. The number of benzene rings is 1. The van der Waals surface area contributed by atoms with Gasteiger partial charge in [-0.05, 0) is 38.0 Å². The van der Waals surface area contributed by atoms with E-state index < -0.39 is 5.97 Å². The van der Waals surface area contributed by atoms with E-state index in [4.69, 9.17) is 5.11 Å². The van der Waals surface area contributed by atoms with E-state index in [9.17, 15) is 4.79 Å². The van der Waals surface area contributed by atoms with Gasteiger partial charge in [0.1, 0.15) is 12.4 Å². The third-order valence-corrected chi connectivity index (χ3v) is 4.86. The number of aryl methyl sites for hydroxylation is 1. The number of hydrogen-bond acceptors (Lipinski definition) is 7. The molecule has 0 spiro atoms. The predicted octanol–water partition coefficient (Wildman–Crippen LogP) is 3.51. The number of carboxylic acid groups (broad SMARTS) is 1. The number of rotatable bonds is 6. The second-order valence-corrected chi connectivity index (χ2v) is 7.30. The van der Waals surface area contributed by atoms with E-state index in [2.05, 4.69) is 25.6 Å². The van der Waals surface area contributed by atoms with Crippen molar-refractivity contribution in [3.05, 3.63) is 35.0 Å². The van der Waals surface area contributed by atoms with E-state index in [-0.39, 0.29) is 6.54 Å². The number of hydrogen-bond donors (Lipinski definition) is 3. The Morgan fingerprint density at radius 3 is 2.88 bits per heavy atom. The minimum atomic E-state index is -0.945. The lowest BCUT2D eigenvalue weighted by Gasteiger charge is -2.10. The molecule has 1 fully saturated rings. The average Bonchev–Trinajstić information content (AvgIpc) is 3.34. The molecule has 0 amide bonds. The molecule has 1 aliphatic rings. The summed E-state index contributed by atoms with van der Waals surface area (Å²) in [7, 11) is 0. The van der Waals surface area contributed by atoms with Gasteiger partial charge in [0.05, 0.1) is 20.9 Å². The van der Waals surface area contributed by atoms with Crippen molar-refractivity contribution in [2.45, 2.75) is 25.7 Å². The van der Waals surface area contributed by atoms with Crippen molar-refractivity contribution >= 4 is 45.0 Å². The van der Waals surface area contributed by atoms with Gasteiger partial charge in [0.25, 0.3) is 0 Å². The Morgan fingerprint density at radius 1 is 1.28 bits per heavy atom. The lowest BCUT2D eigenvalue weighted by atomic mass is 10.2. The number of carbonyl (C=O) groups is 1. The summed E-state index contributed by atoms with van der Waals surface area (Å²) in [6.07, 6.45) is 2.22. The van der Waals surface area contributed by atoms with Crippen LogP contribution in [0.25, 0.3) is 10.2 Å². The Kier molecular flexibility index (Phi) is 3.96. The maximum absolute atomic E-state index is 10.8. The van der Waals surface area contributed by atoms with Crippen LogP contribution in [-0.2, 0) is 4.79 Å². The molecule has 0 unspecified atom stereocenters. The van der Waals surface area contributed by atoms with Crippen LogP contribution >= 0.6 is 11.3 Å². The Balaban J connectivity index is 1.61. The van der Waals surface area contributed by atoms with Crippen LogP contribution in [0.15, 0.2) is 24.3 Å². The molecule has 2 aromatic heterocycles. The van der Waals surface area contributed by atoms with Gasteiger partial charge in [-0.15, -0.1) is 11.3 Å². The number of carboxylic acids is 1. The molecule has 3 N–H and O–H groups in total. The highest BCUT2D eigenvalue weighted by Crippen LogP contribution is 2.40. The van der Waals surface area contributed by atoms with E-state index >= 15 is 0 Å². The molecule has 0 atom stereocenters. The molecular formula is C17H17N5O2S. The molecule has 4 rings (SSSR count). The fourth-order valence-electron chi connectivity index (χ4n) is 2.62. The van der Waals surface area contributed by atoms with Gasteiger partial charge in [-0.1, -0.05) is 0 Å². The van der Waals surface area contributed by atoms with Gasteiger partial charge in [0.15, 0.2) is 0 Å². The van der Waals surface area contributed by atoms with Gasteiger partial charge in [-0.3, -0.25) is 4.79 Å². The minimum absolute atomic E-state index is 0.211. The summed E-state index contributed by atoms with van der Waals surface area (Å²) in [5, 5.41) is 15.9. The maximum atomic E-state index is 10.8. The molecule has 1 aromatic carbocycles. The van der Waals surface area contributed by atoms with Gasteiger partial charge in [0, 0.05) is 17.7 Å². The highest BCUT2D eigenvalue weighted by atomic mass is 32.1. The lowest BCUT2D eigenvalue weighted by Crippen LogP contribution is -2.15. The first-order valence-electron chi connectivity index (χ1n) is 8.06. The Bertz CT molecular complexity index is 951. The van der Waals surface area contributed by atoms with Crippen LogP contribution in [0.5, 0.6) is 0 Å². The second-order valence-electron chi connectivity index (χ2n) is 6.06. The molecule has 2 heterocycles. The van der Waals surface area contributed by atoms with Crippen molar-refractivity contribution in [1.29, 1.82) is 0 Å². The van der Waals surface area contributed by atoms with Gasteiger partial charge in [0.2, 0.25) is 5.95 Å². The van der Waals surface area contributed by atoms with Crippen LogP contribution in [-0.4, -0.2) is 32.6 Å². The van der Waals surface area contributed by atoms with Crippen molar-refractivity contribution < 1.29 is 9.90 Å². The molecule has 0 saturated heterocycles. The van der Waals surface area contributed by atoms with E-state index in [0.29, 0.717) is 17.7 Å². The molecule has 1 aliphatic carbocycles. The van der Waals surface area contributed by atoms with Crippen molar-refractivity contribution in [3.63, 3.8) is 0 Å². The topological polar surface area (TPSA) is 100 Å². The third kappa shape index (κ3) is 3.69. The zero-order chi connectivity index (χ0) is 17.4. The molecule has 0 bridgehead atoms. The fourth-order valence-corrected chi connectivity index (χ4v) is 3.43. The van der Waals surface area contributed by atoms with Gasteiger partial charge < -0.3 is 15.7 Å². The summed E-state index contributed by atoms with van der Waals surface area (Å²) >= 11 is 1.66. The first kappa shape index (κ1) is 15.8. The van der Waals surface area contributed by atoms with Crippen molar-refractivity contribution in [3.8, 4) is 0 Å². The summed E-state index contributed by atoms with van der Waals surface area (Å²) in [4.78, 5) is 24.1. The van der Waals surface area contributed by atoms with Crippen LogP contribution in [0, 0.1) is 6.92 Å². The van der Waals surface area contributed by atoms with Crippen LogP contribution in [0.1, 0.15) is 29.5 Å². The Hall–Kier alpha value is -2.74. The van der Waals surface area contributed by atoms with Crippen LogP contribution < -0.4 is 10.6 Å².